The van der Waals surface area contributed by atoms with Crippen LogP contribution in [0.15, 0.2) is 40.9 Å². The highest BCUT2D eigenvalue weighted by molar-refractivity contribution is 7.79. The topological polar surface area (TPSA) is 77.9 Å². The van der Waals surface area contributed by atoms with Crippen molar-refractivity contribution in [2.45, 2.75) is 11.8 Å². The largest absolute Gasteiger partial charge is 0.768 e. The average Bonchev–Trinajstić information content (AvgIpc) is 2.90. The fourth-order valence-corrected chi connectivity index (χ4v) is 3.22. The molecular formula is C13H10N3O2S2-. The highest BCUT2D eigenvalue weighted by Gasteiger charge is 2.06. The van der Waals surface area contributed by atoms with Crippen LogP contribution in [0.1, 0.15) is 5.56 Å². The van der Waals surface area contributed by atoms with E-state index in [1.807, 2.05) is 17.5 Å². The van der Waals surface area contributed by atoms with Crippen LogP contribution < -0.4 is 5.32 Å². The van der Waals surface area contributed by atoms with Crippen molar-refractivity contribution in [3.63, 3.8) is 0 Å². The standard InChI is InChI=1S/C13H11N3O2S2/c1-8-2-3-9(6-11(8)20(17)18)16-13-12-10(4-5-19-12)14-7-15-13/h2-7H,1H3,(H,17,18)(H,14,15,16)/p-1. The maximum absolute atomic E-state index is 11.1. The zero-order valence-corrected chi connectivity index (χ0v) is 12.1. The summed E-state index contributed by atoms with van der Waals surface area (Å²) in [4.78, 5) is 8.65. The number of anilines is 2. The predicted octanol–water partition coefficient (Wildman–Crippen LogP) is 2.98. The van der Waals surface area contributed by atoms with E-state index >= 15 is 0 Å². The third kappa shape index (κ3) is 2.43. The van der Waals surface area contributed by atoms with Gasteiger partial charge in [0.1, 0.15) is 6.33 Å². The molecule has 1 aromatic carbocycles. The van der Waals surface area contributed by atoms with Crippen LogP contribution >= 0.6 is 11.3 Å². The van der Waals surface area contributed by atoms with E-state index in [9.17, 15) is 8.76 Å². The number of nitrogens with one attached hydrogen (secondary N) is 1. The summed E-state index contributed by atoms with van der Waals surface area (Å²) in [6.07, 6.45) is 1.48. The molecule has 0 radical (unpaired) electrons. The van der Waals surface area contributed by atoms with Gasteiger partial charge in [-0.3, -0.25) is 4.21 Å². The molecule has 0 bridgehead atoms. The molecule has 0 aliphatic heterocycles. The van der Waals surface area contributed by atoms with Crippen molar-refractivity contribution in [3.8, 4) is 0 Å². The Morgan fingerprint density at radius 1 is 1.30 bits per heavy atom. The lowest BCUT2D eigenvalue weighted by Gasteiger charge is -2.12. The van der Waals surface area contributed by atoms with Gasteiger partial charge < -0.3 is 9.87 Å². The fourth-order valence-electron chi connectivity index (χ4n) is 1.87. The molecule has 102 valence electrons. The molecule has 0 saturated carbocycles. The summed E-state index contributed by atoms with van der Waals surface area (Å²) in [6.45, 7) is 1.76. The minimum Gasteiger partial charge on any atom is -0.768 e. The third-order valence-corrected chi connectivity index (χ3v) is 4.58. The molecule has 1 atom stereocenters. The van der Waals surface area contributed by atoms with E-state index in [1.165, 1.54) is 17.7 Å². The molecule has 0 aliphatic carbocycles. The van der Waals surface area contributed by atoms with E-state index < -0.39 is 11.1 Å². The highest BCUT2D eigenvalue weighted by atomic mass is 32.2. The number of benzene rings is 1. The molecule has 0 saturated heterocycles. The Morgan fingerprint density at radius 2 is 2.15 bits per heavy atom. The van der Waals surface area contributed by atoms with Crippen molar-refractivity contribution in [2.24, 2.45) is 0 Å². The quantitative estimate of drug-likeness (QED) is 0.753. The predicted molar refractivity (Wildman–Crippen MR) is 79.1 cm³/mol. The van der Waals surface area contributed by atoms with Gasteiger partial charge in [-0.05, 0) is 47.1 Å². The lowest BCUT2D eigenvalue weighted by atomic mass is 10.2. The summed E-state index contributed by atoms with van der Waals surface area (Å²) in [7, 11) is 0. The monoisotopic (exact) mass is 304 g/mol. The SMILES string of the molecule is Cc1ccc(Nc2ncnc3ccsc23)cc1S(=O)[O-]. The number of hydrogen-bond acceptors (Lipinski definition) is 6. The molecule has 3 aromatic rings. The summed E-state index contributed by atoms with van der Waals surface area (Å²) in [5, 5.41) is 5.08. The zero-order valence-electron chi connectivity index (χ0n) is 10.5. The zero-order chi connectivity index (χ0) is 14.1. The Bertz CT molecular complexity index is 801. The second kappa shape index (κ2) is 5.28. The Balaban J connectivity index is 2.01. The van der Waals surface area contributed by atoms with Gasteiger partial charge in [0.25, 0.3) is 0 Å². The summed E-state index contributed by atoms with van der Waals surface area (Å²) in [6, 6.07) is 7.10. The second-order valence-corrected chi connectivity index (χ2v) is 6.02. The lowest BCUT2D eigenvalue weighted by Crippen LogP contribution is -1.98. The number of aryl methyl sites for hydroxylation is 1. The van der Waals surface area contributed by atoms with E-state index in [0.29, 0.717) is 17.1 Å². The second-order valence-electron chi connectivity index (χ2n) is 4.20. The van der Waals surface area contributed by atoms with E-state index in [4.69, 9.17) is 0 Å². The summed E-state index contributed by atoms with van der Waals surface area (Å²) >= 11 is -0.711. The molecule has 1 unspecified atom stereocenters. The van der Waals surface area contributed by atoms with Crippen LogP contribution in [-0.2, 0) is 11.1 Å². The minimum absolute atomic E-state index is 0.284. The van der Waals surface area contributed by atoms with Gasteiger partial charge >= 0.3 is 0 Å². The van der Waals surface area contributed by atoms with Crippen LogP contribution in [0.3, 0.4) is 0 Å². The number of rotatable bonds is 3. The number of nitrogens with zero attached hydrogens (tertiary/aromatic N) is 2. The van der Waals surface area contributed by atoms with Gasteiger partial charge in [-0.25, -0.2) is 9.97 Å². The van der Waals surface area contributed by atoms with Gasteiger partial charge in [0.05, 0.1) is 10.2 Å². The maximum atomic E-state index is 11.1. The Morgan fingerprint density at radius 3 is 2.95 bits per heavy atom. The number of aromatic nitrogens is 2. The first kappa shape index (κ1) is 13.2. The molecule has 0 spiro atoms. The van der Waals surface area contributed by atoms with Crippen molar-refractivity contribution >= 4 is 44.1 Å². The van der Waals surface area contributed by atoms with Gasteiger partial charge in [-0.15, -0.1) is 11.3 Å². The van der Waals surface area contributed by atoms with Crippen LogP contribution in [0.2, 0.25) is 0 Å². The van der Waals surface area contributed by atoms with E-state index in [2.05, 4.69) is 15.3 Å². The van der Waals surface area contributed by atoms with E-state index in [0.717, 1.165) is 10.2 Å². The smallest absolute Gasteiger partial charge is 0.151 e. The van der Waals surface area contributed by atoms with E-state index in [1.54, 1.807) is 19.1 Å². The van der Waals surface area contributed by atoms with Crippen LogP contribution in [-0.4, -0.2) is 18.7 Å². The van der Waals surface area contributed by atoms with Crippen molar-refractivity contribution in [2.75, 3.05) is 5.32 Å². The third-order valence-electron chi connectivity index (χ3n) is 2.87. The van der Waals surface area contributed by atoms with Crippen LogP contribution in [0.4, 0.5) is 11.5 Å². The summed E-state index contributed by atoms with van der Waals surface area (Å²) in [5.74, 6) is 0.677. The molecule has 0 aliphatic rings. The Labute approximate surface area is 122 Å². The molecule has 0 fully saturated rings. The van der Waals surface area contributed by atoms with Gasteiger partial charge in [-0.2, -0.15) is 0 Å². The fraction of sp³-hybridized carbons (Fsp3) is 0.0769. The maximum Gasteiger partial charge on any atom is 0.151 e. The number of fused-ring (bicyclic) bond motifs is 1. The van der Waals surface area contributed by atoms with Crippen LogP contribution in [0.25, 0.3) is 10.2 Å². The van der Waals surface area contributed by atoms with Gasteiger partial charge in [-0.1, -0.05) is 6.07 Å². The number of thiophene rings is 1. The Kier molecular flexibility index (Phi) is 3.47. The first-order chi connectivity index (χ1) is 9.65. The average molecular weight is 304 g/mol. The normalized spacial score (nSPS) is 12.5. The molecule has 5 nitrogen and oxygen atoms in total. The molecule has 3 rings (SSSR count). The van der Waals surface area contributed by atoms with E-state index in [-0.39, 0.29) is 4.90 Å². The van der Waals surface area contributed by atoms with Crippen molar-refractivity contribution in [3.05, 3.63) is 41.5 Å². The minimum atomic E-state index is -2.25. The molecule has 7 heteroatoms. The van der Waals surface area contributed by atoms with Gasteiger partial charge in [0, 0.05) is 10.6 Å². The van der Waals surface area contributed by atoms with Crippen LogP contribution in [0, 0.1) is 6.92 Å². The molecule has 1 N–H and O–H groups in total. The molecule has 0 amide bonds. The highest BCUT2D eigenvalue weighted by Crippen LogP contribution is 2.28. The first-order valence-corrected chi connectivity index (χ1v) is 7.76. The van der Waals surface area contributed by atoms with Crippen LogP contribution in [0.5, 0.6) is 0 Å². The Hall–Kier alpha value is -1.83. The molecule has 20 heavy (non-hydrogen) atoms. The summed E-state index contributed by atoms with van der Waals surface area (Å²) < 4.78 is 23.2. The lowest BCUT2D eigenvalue weighted by molar-refractivity contribution is 0.536. The van der Waals surface area contributed by atoms with Crippen molar-refractivity contribution in [1.82, 2.24) is 9.97 Å². The molecule has 2 aromatic heterocycles. The molecular weight excluding hydrogens is 294 g/mol. The summed E-state index contributed by atoms with van der Waals surface area (Å²) in [5.41, 5.74) is 2.27. The first-order valence-electron chi connectivity index (χ1n) is 5.80. The van der Waals surface area contributed by atoms with Crippen molar-refractivity contribution in [1.29, 1.82) is 0 Å². The van der Waals surface area contributed by atoms with Crippen molar-refractivity contribution < 1.29 is 8.76 Å². The van der Waals surface area contributed by atoms with Gasteiger partial charge in [0.2, 0.25) is 0 Å². The number of hydrogen-bond donors (Lipinski definition) is 1. The molecule has 2 heterocycles. The van der Waals surface area contributed by atoms with Gasteiger partial charge in [0.15, 0.2) is 5.82 Å².